The predicted octanol–water partition coefficient (Wildman–Crippen LogP) is 8.14. The van der Waals surface area contributed by atoms with Gasteiger partial charge < -0.3 is 0 Å². The van der Waals surface area contributed by atoms with Crippen molar-refractivity contribution in [2.24, 2.45) is 0 Å². The number of alkyl halides is 5. The minimum absolute atomic E-state index is 0.121. The maximum Gasteiger partial charge on any atom is 0.373 e. The molecule has 0 nitrogen and oxygen atoms in total. The molecule has 0 unspecified atom stereocenters. The number of thiol groups is 1. The van der Waals surface area contributed by atoms with E-state index in [2.05, 4.69) is 44.5 Å². The van der Waals surface area contributed by atoms with E-state index in [0.717, 1.165) is 16.6 Å². The minimum atomic E-state index is -4.37. The Bertz CT molecular complexity index is 737. The van der Waals surface area contributed by atoms with Gasteiger partial charge in [0.15, 0.2) is 0 Å². The van der Waals surface area contributed by atoms with E-state index in [4.69, 9.17) is 0 Å². The van der Waals surface area contributed by atoms with Gasteiger partial charge in [-0.25, -0.2) is 8.78 Å². The molecule has 0 aliphatic heterocycles. The highest BCUT2D eigenvalue weighted by Crippen LogP contribution is 2.51. The van der Waals surface area contributed by atoms with E-state index in [1.165, 1.54) is 18.2 Å². The van der Waals surface area contributed by atoms with Gasteiger partial charge in [-0.3, -0.25) is 0 Å². The number of hydrogen-bond acceptors (Lipinski definition) is 2. The van der Waals surface area contributed by atoms with Gasteiger partial charge in [-0.15, -0.1) is 12.6 Å². The zero-order chi connectivity index (χ0) is 19.4. The Morgan fingerprint density at radius 2 is 1.32 bits per heavy atom. The van der Waals surface area contributed by atoms with Crippen LogP contribution >= 0.6 is 72.2 Å². The third kappa shape index (κ3) is 7.36. The van der Waals surface area contributed by atoms with Gasteiger partial charge in [0, 0.05) is 18.7 Å². The Morgan fingerprint density at radius 3 is 1.76 bits per heavy atom. The van der Waals surface area contributed by atoms with Crippen molar-refractivity contribution in [2.45, 2.75) is 19.9 Å². The lowest BCUT2D eigenvalue weighted by Crippen LogP contribution is -2.31. The largest absolute Gasteiger partial charge is 0.373 e. The van der Waals surface area contributed by atoms with E-state index < -0.39 is 27.7 Å². The Hall–Kier alpha value is 0.160. The third-order valence-electron chi connectivity index (χ3n) is 2.37. The molecule has 138 valence electrons. The first-order chi connectivity index (χ1) is 11.3. The van der Waals surface area contributed by atoms with Crippen molar-refractivity contribution in [3.8, 4) is 0 Å². The van der Waals surface area contributed by atoms with Crippen molar-refractivity contribution in [3.05, 3.63) is 57.0 Å². The first kappa shape index (κ1) is 23.2. The second-order valence-corrected chi connectivity index (χ2v) is 8.63. The number of hydrogen-bond donors (Lipinski definition) is 1. The zero-order valence-electron chi connectivity index (χ0n) is 11.7. The summed E-state index contributed by atoms with van der Waals surface area (Å²) in [7, 11) is 0. The molecular weight excluding hydrogens is 586 g/mol. The Labute approximate surface area is 174 Å². The van der Waals surface area contributed by atoms with E-state index in [1.54, 1.807) is 22.0 Å². The summed E-state index contributed by atoms with van der Waals surface area (Å²) in [5, 5.41) is -4.37. The summed E-state index contributed by atoms with van der Waals surface area (Å²) in [4.78, 5) is -4.05. The van der Waals surface area contributed by atoms with E-state index in [9.17, 15) is 26.3 Å². The molecule has 0 saturated heterocycles. The highest BCUT2D eigenvalue weighted by molar-refractivity contribution is 9.11. The summed E-state index contributed by atoms with van der Waals surface area (Å²) >= 11 is 11.2. The van der Waals surface area contributed by atoms with Crippen LogP contribution in [0.25, 0.3) is 0 Å². The Balaban J connectivity index is 0.000000293. The van der Waals surface area contributed by atoms with Crippen LogP contribution in [0.5, 0.6) is 0 Å². The van der Waals surface area contributed by atoms with Gasteiger partial charge in [-0.05, 0) is 95.9 Å². The molecule has 0 aliphatic carbocycles. The number of rotatable bonds is 3. The lowest BCUT2D eigenvalue weighted by atomic mass is 10.3. The second kappa shape index (κ2) is 9.38. The fourth-order valence-electron chi connectivity index (χ4n) is 1.24. The molecule has 0 radical (unpaired) electrons. The van der Waals surface area contributed by atoms with Gasteiger partial charge in [0.25, 0.3) is 0 Å². The topological polar surface area (TPSA) is 0 Å². The summed E-state index contributed by atoms with van der Waals surface area (Å²) in [6.07, 6.45) is 0. The molecule has 0 bridgehead atoms. The molecule has 2 aromatic rings. The van der Waals surface area contributed by atoms with Gasteiger partial charge in [-0.1, -0.05) is 0 Å². The van der Waals surface area contributed by atoms with Crippen molar-refractivity contribution in [3.63, 3.8) is 0 Å². The van der Waals surface area contributed by atoms with Crippen molar-refractivity contribution < 1.29 is 26.3 Å². The average molecular weight is 593 g/mol. The molecule has 0 aromatic heterocycles. The van der Waals surface area contributed by atoms with Crippen LogP contribution < -0.4 is 0 Å². The Kier molecular flexibility index (Phi) is 8.71. The predicted molar refractivity (Wildman–Crippen MR) is 100 cm³/mol. The third-order valence-corrected chi connectivity index (χ3v) is 6.52. The first-order valence-corrected chi connectivity index (χ1v) is 9.70. The fraction of sp³-hybridized carbons (Fsp3) is 0.143. The van der Waals surface area contributed by atoms with Crippen molar-refractivity contribution >= 4 is 72.2 Å². The van der Waals surface area contributed by atoms with Crippen LogP contribution in [0.1, 0.15) is 0 Å². The van der Waals surface area contributed by atoms with Gasteiger partial charge in [0.05, 0.1) is 0 Å². The molecule has 25 heavy (non-hydrogen) atoms. The van der Waals surface area contributed by atoms with Crippen LogP contribution in [0, 0.1) is 11.6 Å². The SMILES string of the molecule is Fc1ccc(Br)c(S)c1.Fc1ccc(Br)c(SC(F)(F)C(F)(F)Br)c1. The van der Waals surface area contributed by atoms with Crippen LogP contribution in [-0.2, 0) is 0 Å². The molecule has 0 fully saturated rings. The number of benzene rings is 2. The smallest absolute Gasteiger partial charge is 0.207 e. The van der Waals surface area contributed by atoms with Crippen molar-refractivity contribution in [1.29, 1.82) is 0 Å². The monoisotopic (exact) mass is 590 g/mol. The lowest BCUT2D eigenvalue weighted by Gasteiger charge is -2.21. The Morgan fingerprint density at radius 1 is 0.840 bits per heavy atom. The van der Waals surface area contributed by atoms with Crippen molar-refractivity contribution in [2.75, 3.05) is 0 Å². The summed E-state index contributed by atoms with van der Waals surface area (Å²) in [5.74, 6) is -1.04. The molecule has 0 saturated carbocycles. The fourth-order valence-corrected chi connectivity index (χ4v) is 3.14. The summed E-state index contributed by atoms with van der Waals surface area (Å²) < 4.78 is 76.8. The molecule has 0 spiro atoms. The van der Waals surface area contributed by atoms with Crippen LogP contribution in [0.2, 0.25) is 0 Å². The minimum Gasteiger partial charge on any atom is -0.207 e. The normalized spacial score (nSPS) is 11.8. The maximum absolute atomic E-state index is 13.0. The lowest BCUT2D eigenvalue weighted by molar-refractivity contribution is -0.0779. The van der Waals surface area contributed by atoms with Crippen LogP contribution in [0.4, 0.5) is 26.3 Å². The number of thioether (sulfide) groups is 1. The van der Waals surface area contributed by atoms with Gasteiger partial charge >= 0.3 is 10.1 Å². The van der Waals surface area contributed by atoms with Crippen LogP contribution in [0.15, 0.2) is 55.1 Å². The highest BCUT2D eigenvalue weighted by atomic mass is 79.9. The molecule has 0 N–H and O–H groups in total. The highest BCUT2D eigenvalue weighted by Gasteiger charge is 2.55. The molecule has 2 rings (SSSR count). The average Bonchev–Trinajstić information content (AvgIpc) is 2.46. The van der Waals surface area contributed by atoms with Crippen molar-refractivity contribution in [1.82, 2.24) is 0 Å². The summed E-state index contributed by atoms with van der Waals surface area (Å²) in [6.45, 7) is 0. The molecule has 0 atom stereocenters. The van der Waals surface area contributed by atoms with Crippen LogP contribution in [-0.4, -0.2) is 10.1 Å². The van der Waals surface area contributed by atoms with E-state index in [1.807, 2.05) is 0 Å². The molecule has 0 aliphatic rings. The van der Waals surface area contributed by atoms with E-state index in [-0.39, 0.29) is 15.2 Å². The summed E-state index contributed by atoms with van der Waals surface area (Å²) in [5.41, 5.74) is 0. The van der Waals surface area contributed by atoms with Crippen LogP contribution in [0.3, 0.4) is 0 Å². The zero-order valence-corrected chi connectivity index (χ0v) is 18.2. The quantitative estimate of drug-likeness (QED) is 0.162. The molecule has 0 amide bonds. The molecule has 11 heteroatoms. The van der Waals surface area contributed by atoms with Gasteiger partial charge in [0.1, 0.15) is 11.6 Å². The first-order valence-electron chi connectivity index (χ1n) is 6.06. The van der Waals surface area contributed by atoms with E-state index >= 15 is 0 Å². The molecule has 2 aromatic carbocycles. The standard InChI is InChI=1S/C8H3Br2F5S.C6H4BrFS/c9-5-2-1-4(11)3-6(5)16-8(14,15)7(10,12)13;7-5-2-1-4(8)3-6(5)9/h1-3H;1-3,9H. The summed E-state index contributed by atoms with van der Waals surface area (Å²) in [6, 6.07) is 7.30. The molecular formula is C14H7Br3F6S2. The van der Waals surface area contributed by atoms with Gasteiger partial charge in [-0.2, -0.15) is 17.6 Å². The molecule has 0 heterocycles. The second-order valence-electron chi connectivity index (χ2n) is 4.29. The van der Waals surface area contributed by atoms with Gasteiger partial charge in [0.2, 0.25) is 0 Å². The number of halogens is 9. The maximum atomic E-state index is 13.0. The van der Waals surface area contributed by atoms with E-state index in [0.29, 0.717) is 4.90 Å².